The van der Waals surface area contributed by atoms with Crippen molar-refractivity contribution in [2.24, 2.45) is 11.8 Å². The van der Waals surface area contributed by atoms with Gasteiger partial charge in [0.25, 0.3) is 0 Å². The monoisotopic (exact) mass is 1280 g/mol. The highest BCUT2D eigenvalue weighted by molar-refractivity contribution is 7.47. The maximum atomic E-state index is 13.0. The molecule has 0 heterocycles. The molecule has 516 valence electrons. The van der Waals surface area contributed by atoms with Crippen LogP contribution in [0.25, 0.3) is 0 Å². The van der Waals surface area contributed by atoms with Crippen LogP contribution in [0.3, 0.4) is 0 Å². The lowest BCUT2D eigenvalue weighted by Gasteiger charge is -2.21. The van der Waals surface area contributed by atoms with Crippen LogP contribution in [0.5, 0.6) is 0 Å². The number of carbonyl (C=O) groups excluding carboxylic acids is 4. The number of aliphatic hydroxyl groups excluding tert-OH is 1. The zero-order valence-electron chi connectivity index (χ0n) is 56.3. The fourth-order valence-corrected chi connectivity index (χ4v) is 11.8. The zero-order valence-corrected chi connectivity index (χ0v) is 58.1. The Balaban J connectivity index is 5.19. The first-order chi connectivity index (χ1) is 41.9. The average molecular weight is 1280 g/mol. The Morgan fingerprint density at radius 2 is 0.529 bits per heavy atom. The number of aliphatic hydroxyl groups is 1. The number of unbranched alkanes of at least 4 members (excludes halogenated alkanes) is 37. The van der Waals surface area contributed by atoms with Crippen LogP contribution in [-0.4, -0.2) is 96.7 Å². The molecule has 0 aromatic carbocycles. The van der Waals surface area contributed by atoms with Crippen LogP contribution in [0.1, 0.15) is 343 Å². The van der Waals surface area contributed by atoms with Gasteiger partial charge in [-0.05, 0) is 37.5 Å². The molecule has 19 heteroatoms. The highest BCUT2D eigenvalue weighted by Crippen LogP contribution is 2.45. The van der Waals surface area contributed by atoms with Crippen molar-refractivity contribution >= 4 is 39.5 Å². The average Bonchev–Trinajstić information content (AvgIpc) is 3.60. The Labute approximate surface area is 530 Å². The molecule has 0 aliphatic carbocycles. The second-order valence-corrected chi connectivity index (χ2v) is 28.4. The summed E-state index contributed by atoms with van der Waals surface area (Å²) in [6.45, 7) is 9.41. The van der Waals surface area contributed by atoms with Crippen molar-refractivity contribution in [2.45, 2.75) is 362 Å². The number of carbonyl (C=O) groups is 4. The standard InChI is InChI=1S/C68H132O17P2/c1-7-9-11-13-15-16-17-18-19-20-21-26-29-33-40-46-52-67(72)84-63(57-79-66(71)51-45-39-32-28-25-23-22-24-27-31-36-42-48-60(3)4)58-82-86(74,75)80-54-62(69)55-81-87(76,77)83-59-64(56-78-65(70)50-44-38-30-14-12-10-8-2)85-68(73)53-47-41-35-34-37-43-49-61(5)6/h60-64,69H,7-59H2,1-6H3,(H,74,75)(H,76,77)/t62-,63-,64-/m1/s1. The van der Waals surface area contributed by atoms with Crippen LogP contribution in [-0.2, 0) is 65.4 Å². The number of ether oxygens (including phenoxy) is 4. The van der Waals surface area contributed by atoms with Gasteiger partial charge >= 0.3 is 39.5 Å². The van der Waals surface area contributed by atoms with Crippen LogP contribution in [0.15, 0.2) is 0 Å². The molecule has 0 radical (unpaired) electrons. The molecular weight excluding hydrogens is 1150 g/mol. The van der Waals surface area contributed by atoms with Crippen LogP contribution in [0.4, 0.5) is 0 Å². The number of phosphoric acid groups is 2. The highest BCUT2D eigenvalue weighted by Gasteiger charge is 2.30. The number of hydrogen-bond acceptors (Lipinski definition) is 15. The maximum absolute atomic E-state index is 13.0. The third-order valence-corrected chi connectivity index (χ3v) is 17.6. The molecule has 0 aromatic rings. The van der Waals surface area contributed by atoms with E-state index >= 15 is 0 Å². The van der Waals surface area contributed by atoms with Gasteiger partial charge in [-0.2, -0.15) is 0 Å². The number of hydrogen-bond donors (Lipinski definition) is 3. The van der Waals surface area contributed by atoms with Crippen molar-refractivity contribution in [1.82, 2.24) is 0 Å². The predicted octanol–water partition coefficient (Wildman–Crippen LogP) is 19.2. The van der Waals surface area contributed by atoms with E-state index in [0.717, 1.165) is 109 Å². The van der Waals surface area contributed by atoms with Crippen molar-refractivity contribution in [1.29, 1.82) is 0 Å². The molecular formula is C68H132O17P2. The minimum atomic E-state index is -4.95. The van der Waals surface area contributed by atoms with Gasteiger partial charge in [-0.15, -0.1) is 0 Å². The molecule has 0 amide bonds. The molecule has 0 saturated heterocycles. The molecule has 87 heavy (non-hydrogen) atoms. The predicted molar refractivity (Wildman–Crippen MR) is 349 cm³/mol. The van der Waals surface area contributed by atoms with Crippen LogP contribution in [0.2, 0.25) is 0 Å². The Hall–Kier alpha value is -1.94. The van der Waals surface area contributed by atoms with E-state index in [1.807, 2.05) is 0 Å². The largest absolute Gasteiger partial charge is 0.472 e. The molecule has 2 unspecified atom stereocenters. The summed E-state index contributed by atoms with van der Waals surface area (Å²) in [7, 11) is -9.89. The third-order valence-electron chi connectivity index (χ3n) is 15.7. The highest BCUT2D eigenvalue weighted by atomic mass is 31.2. The quantitative estimate of drug-likeness (QED) is 0.0222. The van der Waals surface area contributed by atoms with Gasteiger partial charge < -0.3 is 33.8 Å². The fourth-order valence-electron chi connectivity index (χ4n) is 10.2. The van der Waals surface area contributed by atoms with E-state index in [9.17, 15) is 43.2 Å². The molecule has 0 saturated carbocycles. The van der Waals surface area contributed by atoms with Gasteiger partial charge in [0, 0.05) is 25.7 Å². The molecule has 0 aliphatic rings. The summed E-state index contributed by atoms with van der Waals surface area (Å²) in [5.41, 5.74) is 0. The molecule has 0 spiro atoms. The van der Waals surface area contributed by atoms with Gasteiger partial charge in [-0.3, -0.25) is 37.3 Å². The van der Waals surface area contributed by atoms with Crippen molar-refractivity contribution in [3.63, 3.8) is 0 Å². The third kappa shape index (κ3) is 62.6. The normalized spacial score (nSPS) is 14.2. The lowest BCUT2D eigenvalue weighted by molar-refractivity contribution is -0.161. The maximum Gasteiger partial charge on any atom is 0.472 e. The summed E-state index contributed by atoms with van der Waals surface area (Å²) in [5.74, 6) is -0.683. The summed E-state index contributed by atoms with van der Waals surface area (Å²) in [4.78, 5) is 72.3. The summed E-state index contributed by atoms with van der Waals surface area (Å²) in [5, 5.41) is 10.5. The van der Waals surface area contributed by atoms with Crippen molar-refractivity contribution < 1.29 is 80.2 Å². The van der Waals surface area contributed by atoms with E-state index in [1.165, 1.54) is 148 Å². The molecule has 5 atom stereocenters. The summed E-state index contributed by atoms with van der Waals surface area (Å²) in [6, 6.07) is 0. The smallest absolute Gasteiger partial charge is 0.462 e. The van der Waals surface area contributed by atoms with E-state index in [2.05, 4.69) is 41.5 Å². The molecule has 0 aliphatic heterocycles. The summed E-state index contributed by atoms with van der Waals surface area (Å²) >= 11 is 0. The van der Waals surface area contributed by atoms with E-state index in [-0.39, 0.29) is 25.7 Å². The minimum absolute atomic E-state index is 0.102. The van der Waals surface area contributed by atoms with Crippen LogP contribution < -0.4 is 0 Å². The number of esters is 4. The Kier molecular flexibility index (Phi) is 59.0. The summed E-state index contributed by atoms with van der Waals surface area (Å²) < 4.78 is 68.1. The molecule has 17 nitrogen and oxygen atoms in total. The summed E-state index contributed by atoms with van der Waals surface area (Å²) in [6.07, 6.45) is 44.7. The van der Waals surface area contributed by atoms with Crippen LogP contribution in [0, 0.1) is 11.8 Å². The molecule has 3 N–H and O–H groups in total. The molecule has 0 bridgehead atoms. The Bertz CT molecular complexity index is 1700. The minimum Gasteiger partial charge on any atom is -0.462 e. The molecule has 0 aromatic heterocycles. The first kappa shape index (κ1) is 85.1. The van der Waals surface area contributed by atoms with E-state index in [4.69, 9.17) is 37.0 Å². The van der Waals surface area contributed by atoms with E-state index in [1.54, 1.807) is 0 Å². The lowest BCUT2D eigenvalue weighted by Crippen LogP contribution is -2.30. The SMILES string of the molecule is CCCCCCCCCCCCCCCCCCC(=O)O[C@H](COC(=O)CCCCCCCCCCCCCCC(C)C)COP(=O)(O)OC[C@@H](O)COP(=O)(O)OC[C@@H](COC(=O)CCCCCCCCC)OC(=O)CCCCCCCCC(C)C. The van der Waals surface area contributed by atoms with Crippen molar-refractivity contribution in [3.8, 4) is 0 Å². The Morgan fingerprint density at radius 1 is 0.310 bits per heavy atom. The van der Waals surface area contributed by atoms with Crippen LogP contribution >= 0.6 is 15.6 Å². The zero-order chi connectivity index (χ0) is 64.3. The van der Waals surface area contributed by atoms with Gasteiger partial charge in [0.2, 0.25) is 0 Å². The first-order valence-corrected chi connectivity index (χ1v) is 38.5. The van der Waals surface area contributed by atoms with Gasteiger partial charge in [-0.1, -0.05) is 292 Å². The van der Waals surface area contributed by atoms with Gasteiger partial charge in [0.05, 0.1) is 26.4 Å². The van der Waals surface area contributed by atoms with Gasteiger partial charge in [0.1, 0.15) is 19.3 Å². The fraction of sp³-hybridized carbons (Fsp3) is 0.941. The topological polar surface area (TPSA) is 237 Å². The van der Waals surface area contributed by atoms with Crippen molar-refractivity contribution in [3.05, 3.63) is 0 Å². The lowest BCUT2D eigenvalue weighted by atomic mass is 10.0. The second-order valence-electron chi connectivity index (χ2n) is 25.5. The van der Waals surface area contributed by atoms with Gasteiger partial charge in [0.15, 0.2) is 12.2 Å². The van der Waals surface area contributed by atoms with Gasteiger partial charge in [-0.25, -0.2) is 9.13 Å². The molecule has 0 rings (SSSR count). The van der Waals surface area contributed by atoms with Crippen molar-refractivity contribution in [2.75, 3.05) is 39.6 Å². The van der Waals surface area contributed by atoms with E-state index < -0.39 is 97.5 Å². The first-order valence-electron chi connectivity index (χ1n) is 35.5. The Morgan fingerprint density at radius 3 is 0.782 bits per heavy atom. The number of rotatable bonds is 67. The second kappa shape index (κ2) is 60.3. The molecule has 0 fully saturated rings. The number of phosphoric ester groups is 2. The van der Waals surface area contributed by atoms with E-state index in [0.29, 0.717) is 31.6 Å².